The number of ether oxygens (including phenoxy) is 1. The Hall–Kier alpha value is -3.27. The van der Waals surface area contributed by atoms with Crippen LogP contribution in [-0.2, 0) is 19.1 Å². The van der Waals surface area contributed by atoms with E-state index in [1.807, 2.05) is 25.7 Å². The second kappa shape index (κ2) is 10.3. The summed E-state index contributed by atoms with van der Waals surface area (Å²) in [6, 6.07) is 4.28. The Morgan fingerprint density at radius 1 is 1.18 bits per heavy atom. The quantitative estimate of drug-likeness (QED) is 0.368. The number of imide groups is 1. The van der Waals surface area contributed by atoms with Crippen molar-refractivity contribution in [2.75, 3.05) is 44.7 Å². The number of likely N-dealkylation sites (N-methyl/N-ethyl adjacent to an activating group) is 1. The molecule has 2 heterocycles. The smallest absolute Gasteiger partial charge is 0.320 e. The molecular weight excluding hydrogens is 440 g/mol. The van der Waals surface area contributed by atoms with Crippen molar-refractivity contribution in [3.63, 3.8) is 0 Å². The van der Waals surface area contributed by atoms with Crippen molar-refractivity contribution < 1.29 is 28.7 Å². The van der Waals surface area contributed by atoms with Crippen LogP contribution in [0.1, 0.15) is 54.3 Å². The van der Waals surface area contributed by atoms with E-state index in [2.05, 4.69) is 10.2 Å². The van der Waals surface area contributed by atoms with Crippen LogP contribution in [-0.4, -0.2) is 91.2 Å². The number of carbonyl (C=O) groups is 5. The van der Waals surface area contributed by atoms with Gasteiger partial charge in [-0.1, -0.05) is 0 Å². The average molecular weight is 473 g/mol. The Bertz CT molecular complexity index is 978. The first kappa shape index (κ1) is 25.4. The van der Waals surface area contributed by atoms with Crippen LogP contribution in [0.5, 0.6) is 0 Å². The van der Waals surface area contributed by atoms with Gasteiger partial charge < -0.3 is 14.5 Å². The van der Waals surface area contributed by atoms with Crippen molar-refractivity contribution in [2.45, 2.75) is 45.3 Å². The number of rotatable bonds is 6. The summed E-state index contributed by atoms with van der Waals surface area (Å²) in [7, 11) is 1.50. The molecule has 184 valence electrons. The number of carbonyl (C=O) groups excluding carboxylic acids is 5. The zero-order chi connectivity index (χ0) is 25.0. The minimum absolute atomic E-state index is 0.155. The lowest BCUT2D eigenvalue weighted by atomic mass is 10.0. The van der Waals surface area contributed by atoms with Gasteiger partial charge in [-0.2, -0.15) is 0 Å². The number of benzene rings is 1. The lowest BCUT2D eigenvalue weighted by Crippen LogP contribution is -2.53. The standard InChI is InChI=1S/C24H32N4O6/c1-24(2,3)34-21(31)14-27-9-11-28(12-10-27)17-6-5-16(15-29)18(13-17)23(33)26(4)19-7-8-20(30)25-22(19)32/h5-6,13,15,19H,7-12,14H2,1-4H3,(H,25,30,32). The van der Waals surface area contributed by atoms with Gasteiger partial charge in [0.1, 0.15) is 11.6 Å². The molecule has 1 atom stereocenters. The van der Waals surface area contributed by atoms with Crippen LogP contribution in [0.2, 0.25) is 0 Å². The van der Waals surface area contributed by atoms with Gasteiger partial charge in [0, 0.05) is 50.9 Å². The minimum atomic E-state index is -0.773. The first-order valence-corrected chi connectivity index (χ1v) is 11.4. The van der Waals surface area contributed by atoms with E-state index in [9.17, 15) is 24.0 Å². The van der Waals surface area contributed by atoms with E-state index in [-0.39, 0.29) is 42.4 Å². The minimum Gasteiger partial charge on any atom is -0.459 e. The van der Waals surface area contributed by atoms with Gasteiger partial charge in [-0.15, -0.1) is 0 Å². The third-order valence-electron chi connectivity index (χ3n) is 5.90. The van der Waals surface area contributed by atoms with Gasteiger partial charge in [0.25, 0.3) is 5.91 Å². The number of esters is 1. The molecule has 10 heteroatoms. The summed E-state index contributed by atoms with van der Waals surface area (Å²) >= 11 is 0. The number of amides is 3. The second-order valence-corrected chi connectivity index (χ2v) is 9.62. The summed E-state index contributed by atoms with van der Waals surface area (Å²) in [6.45, 7) is 8.30. The fourth-order valence-electron chi connectivity index (χ4n) is 4.13. The molecule has 0 aliphatic carbocycles. The predicted molar refractivity (Wildman–Crippen MR) is 125 cm³/mol. The molecule has 2 saturated heterocycles. The fourth-order valence-corrected chi connectivity index (χ4v) is 4.13. The molecule has 10 nitrogen and oxygen atoms in total. The highest BCUT2D eigenvalue weighted by molar-refractivity contribution is 6.06. The number of nitrogens with one attached hydrogen (secondary N) is 1. The van der Waals surface area contributed by atoms with Crippen molar-refractivity contribution in [3.8, 4) is 0 Å². The number of aldehydes is 1. The highest BCUT2D eigenvalue weighted by atomic mass is 16.6. The summed E-state index contributed by atoms with van der Waals surface area (Å²) in [5.41, 5.74) is 0.693. The molecule has 2 fully saturated rings. The van der Waals surface area contributed by atoms with Crippen molar-refractivity contribution in [2.24, 2.45) is 0 Å². The van der Waals surface area contributed by atoms with E-state index in [4.69, 9.17) is 4.74 Å². The summed E-state index contributed by atoms with van der Waals surface area (Å²) in [6.07, 6.45) is 1.01. The van der Waals surface area contributed by atoms with Crippen LogP contribution >= 0.6 is 0 Å². The third-order valence-corrected chi connectivity index (χ3v) is 5.90. The maximum absolute atomic E-state index is 13.2. The summed E-state index contributed by atoms with van der Waals surface area (Å²) in [4.78, 5) is 65.9. The lowest BCUT2D eigenvalue weighted by Gasteiger charge is -2.36. The van der Waals surface area contributed by atoms with Gasteiger partial charge in [-0.3, -0.25) is 34.2 Å². The molecule has 0 radical (unpaired) electrons. The van der Waals surface area contributed by atoms with Gasteiger partial charge in [0.05, 0.1) is 12.1 Å². The van der Waals surface area contributed by atoms with E-state index >= 15 is 0 Å². The first-order chi connectivity index (χ1) is 16.0. The van der Waals surface area contributed by atoms with Crippen LogP contribution < -0.4 is 10.2 Å². The predicted octanol–water partition coefficient (Wildman–Crippen LogP) is 0.840. The van der Waals surface area contributed by atoms with Gasteiger partial charge in [-0.25, -0.2) is 0 Å². The molecule has 0 bridgehead atoms. The van der Waals surface area contributed by atoms with E-state index in [0.717, 1.165) is 5.69 Å². The summed E-state index contributed by atoms with van der Waals surface area (Å²) in [5, 5.41) is 2.25. The Kier molecular flexibility index (Phi) is 7.71. The largest absolute Gasteiger partial charge is 0.459 e. The van der Waals surface area contributed by atoms with Gasteiger partial charge in [-0.05, 0) is 45.4 Å². The highest BCUT2D eigenvalue weighted by Gasteiger charge is 2.33. The molecule has 0 saturated carbocycles. The van der Waals surface area contributed by atoms with Crippen molar-refractivity contribution in [3.05, 3.63) is 29.3 Å². The molecule has 2 aliphatic heterocycles. The summed E-state index contributed by atoms with van der Waals surface area (Å²) < 4.78 is 5.39. The van der Waals surface area contributed by atoms with E-state index in [1.165, 1.54) is 11.9 Å². The Balaban J connectivity index is 1.68. The van der Waals surface area contributed by atoms with Crippen LogP contribution in [0.4, 0.5) is 5.69 Å². The number of hydrogen-bond donors (Lipinski definition) is 1. The fraction of sp³-hybridized carbons (Fsp3) is 0.542. The number of anilines is 1. The number of piperidine rings is 1. The van der Waals surface area contributed by atoms with Crippen LogP contribution in [0.3, 0.4) is 0 Å². The van der Waals surface area contributed by atoms with Crippen molar-refractivity contribution in [1.29, 1.82) is 0 Å². The maximum Gasteiger partial charge on any atom is 0.320 e. The topological polar surface area (TPSA) is 116 Å². The summed E-state index contributed by atoms with van der Waals surface area (Å²) in [5.74, 6) is -1.59. The SMILES string of the molecule is CN(C(=O)c1cc(N2CCN(CC(=O)OC(C)(C)C)CC2)ccc1C=O)C1CCC(=O)NC1=O. The molecule has 0 aromatic heterocycles. The lowest BCUT2D eigenvalue weighted by molar-refractivity contribution is -0.156. The first-order valence-electron chi connectivity index (χ1n) is 11.4. The Labute approximate surface area is 199 Å². The molecule has 2 aliphatic rings. The molecule has 3 rings (SSSR count). The maximum atomic E-state index is 13.2. The molecule has 1 aromatic carbocycles. The van der Waals surface area contributed by atoms with Crippen molar-refractivity contribution in [1.82, 2.24) is 15.1 Å². The van der Waals surface area contributed by atoms with Crippen LogP contribution in [0.25, 0.3) is 0 Å². The van der Waals surface area contributed by atoms with Gasteiger partial charge in [0.2, 0.25) is 11.8 Å². The number of hydrogen-bond acceptors (Lipinski definition) is 8. The zero-order valence-electron chi connectivity index (χ0n) is 20.1. The third kappa shape index (κ3) is 6.19. The number of nitrogens with zero attached hydrogens (tertiary/aromatic N) is 3. The van der Waals surface area contributed by atoms with E-state index < -0.39 is 23.5 Å². The van der Waals surface area contributed by atoms with Gasteiger partial charge >= 0.3 is 5.97 Å². The normalized spacial score (nSPS) is 19.4. The van der Waals surface area contributed by atoms with E-state index in [0.29, 0.717) is 32.5 Å². The molecule has 34 heavy (non-hydrogen) atoms. The Morgan fingerprint density at radius 3 is 2.44 bits per heavy atom. The number of piperazine rings is 1. The molecular formula is C24H32N4O6. The molecule has 1 N–H and O–H groups in total. The average Bonchev–Trinajstić information content (AvgIpc) is 2.77. The second-order valence-electron chi connectivity index (χ2n) is 9.62. The van der Waals surface area contributed by atoms with Crippen LogP contribution in [0, 0.1) is 0 Å². The van der Waals surface area contributed by atoms with Gasteiger partial charge in [0.15, 0.2) is 6.29 Å². The van der Waals surface area contributed by atoms with Crippen LogP contribution in [0.15, 0.2) is 18.2 Å². The van der Waals surface area contributed by atoms with E-state index in [1.54, 1.807) is 18.2 Å². The molecule has 3 amide bonds. The van der Waals surface area contributed by atoms with Crippen molar-refractivity contribution >= 4 is 35.7 Å². The Morgan fingerprint density at radius 2 is 1.85 bits per heavy atom. The monoisotopic (exact) mass is 472 g/mol. The molecule has 0 spiro atoms. The zero-order valence-corrected chi connectivity index (χ0v) is 20.1. The molecule has 1 aromatic rings. The molecule has 1 unspecified atom stereocenters. The highest BCUT2D eigenvalue weighted by Crippen LogP contribution is 2.23.